The minimum Gasteiger partial charge on any atom is -0.389 e. The van der Waals surface area contributed by atoms with Crippen LogP contribution in [0.4, 0.5) is 10.5 Å². The maximum atomic E-state index is 12.4. The summed E-state index contributed by atoms with van der Waals surface area (Å²) in [5.41, 5.74) is 1.53. The maximum Gasteiger partial charge on any atom is 0.321 e. The monoisotopic (exact) mass is 291 g/mol. The standard InChI is InChI=1S/C16H25N3O2/c1-4-15-11-19(9-8-18(15)3)16(21)17-14-7-5-6-13(10-14)12(2)20/h5-7,10,12,15,20H,4,8-9,11H2,1-3H3,(H,17,21). The number of hydrogen-bond acceptors (Lipinski definition) is 3. The molecule has 1 fully saturated rings. The van der Waals surface area contributed by atoms with E-state index in [1.807, 2.05) is 29.2 Å². The highest BCUT2D eigenvalue weighted by Gasteiger charge is 2.26. The van der Waals surface area contributed by atoms with Gasteiger partial charge in [-0.2, -0.15) is 0 Å². The molecule has 5 heteroatoms. The molecule has 2 N–H and O–H groups in total. The number of aliphatic hydroxyl groups is 1. The molecule has 1 heterocycles. The molecule has 2 amide bonds. The van der Waals surface area contributed by atoms with Crippen molar-refractivity contribution in [3.63, 3.8) is 0 Å². The van der Waals surface area contributed by atoms with E-state index in [1.54, 1.807) is 6.92 Å². The molecule has 0 aromatic heterocycles. The van der Waals surface area contributed by atoms with Gasteiger partial charge in [-0.05, 0) is 38.1 Å². The molecule has 2 unspecified atom stereocenters. The van der Waals surface area contributed by atoms with E-state index in [2.05, 4.69) is 24.2 Å². The minimum atomic E-state index is -0.532. The summed E-state index contributed by atoms with van der Waals surface area (Å²) in [4.78, 5) is 16.5. The maximum absolute atomic E-state index is 12.4. The second-order valence-corrected chi connectivity index (χ2v) is 5.72. The van der Waals surface area contributed by atoms with Crippen molar-refractivity contribution in [2.75, 3.05) is 32.0 Å². The van der Waals surface area contributed by atoms with Gasteiger partial charge in [0.25, 0.3) is 0 Å². The summed E-state index contributed by atoms with van der Waals surface area (Å²) in [7, 11) is 2.11. The molecule has 0 saturated carbocycles. The summed E-state index contributed by atoms with van der Waals surface area (Å²) in [5, 5.41) is 12.5. The van der Waals surface area contributed by atoms with E-state index in [1.165, 1.54) is 0 Å². The van der Waals surface area contributed by atoms with Gasteiger partial charge < -0.3 is 15.3 Å². The number of amides is 2. The van der Waals surface area contributed by atoms with Crippen LogP contribution in [-0.4, -0.2) is 53.7 Å². The van der Waals surface area contributed by atoms with Crippen LogP contribution in [0.15, 0.2) is 24.3 Å². The number of urea groups is 1. The molecule has 1 aliphatic heterocycles. The van der Waals surface area contributed by atoms with E-state index in [-0.39, 0.29) is 6.03 Å². The predicted octanol–water partition coefficient (Wildman–Crippen LogP) is 2.30. The van der Waals surface area contributed by atoms with Gasteiger partial charge in [0, 0.05) is 31.4 Å². The third kappa shape index (κ3) is 3.95. The smallest absolute Gasteiger partial charge is 0.321 e. The average molecular weight is 291 g/mol. The largest absolute Gasteiger partial charge is 0.389 e. The molecular weight excluding hydrogens is 266 g/mol. The number of piperazine rings is 1. The van der Waals surface area contributed by atoms with Gasteiger partial charge in [-0.15, -0.1) is 0 Å². The van der Waals surface area contributed by atoms with Gasteiger partial charge in [-0.25, -0.2) is 4.79 Å². The topological polar surface area (TPSA) is 55.8 Å². The van der Waals surface area contributed by atoms with Gasteiger partial charge in [0.2, 0.25) is 0 Å². The first-order chi connectivity index (χ1) is 10.0. The van der Waals surface area contributed by atoms with Crippen LogP contribution in [0.3, 0.4) is 0 Å². The number of nitrogens with zero attached hydrogens (tertiary/aromatic N) is 2. The molecule has 1 aromatic rings. The Kier molecular flexibility index (Phi) is 5.20. The van der Waals surface area contributed by atoms with Crippen LogP contribution in [0.1, 0.15) is 31.9 Å². The normalized spacial score (nSPS) is 21.1. The lowest BCUT2D eigenvalue weighted by atomic mass is 10.1. The summed E-state index contributed by atoms with van der Waals surface area (Å²) in [6.45, 7) is 6.27. The second kappa shape index (κ2) is 6.91. The second-order valence-electron chi connectivity index (χ2n) is 5.72. The van der Waals surface area contributed by atoms with E-state index < -0.39 is 6.10 Å². The SMILES string of the molecule is CCC1CN(C(=O)Nc2cccc(C(C)O)c2)CCN1C. The van der Waals surface area contributed by atoms with Crippen molar-refractivity contribution in [3.8, 4) is 0 Å². The van der Waals surface area contributed by atoms with E-state index in [0.29, 0.717) is 6.04 Å². The van der Waals surface area contributed by atoms with Crippen molar-refractivity contribution < 1.29 is 9.90 Å². The van der Waals surface area contributed by atoms with Crippen molar-refractivity contribution >= 4 is 11.7 Å². The van der Waals surface area contributed by atoms with Crippen LogP contribution in [-0.2, 0) is 0 Å². The van der Waals surface area contributed by atoms with Crippen LogP contribution in [0.25, 0.3) is 0 Å². The molecule has 1 aliphatic rings. The quantitative estimate of drug-likeness (QED) is 0.898. The Labute approximate surface area is 126 Å². The van der Waals surface area contributed by atoms with Crippen LogP contribution in [0, 0.1) is 0 Å². The van der Waals surface area contributed by atoms with Gasteiger partial charge in [0.15, 0.2) is 0 Å². The summed E-state index contributed by atoms with van der Waals surface area (Å²) in [6.07, 6.45) is 0.507. The lowest BCUT2D eigenvalue weighted by Crippen LogP contribution is -2.53. The highest BCUT2D eigenvalue weighted by atomic mass is 16.3. The van der Waals surface area contributed by atoms with Gasteiger partial charge in [0.1, 0.15) is 0 Å². The molecule has 2 rings (SSSR count). The number of likely N-dealkylation sites (N-methyl/N-ethyl adjacent to an activating group) is 1. The number of benzene rings is 1. The van der Waals surface area contributed by atoms with Crippen molar-refractivity contribution in [2.45, 2.75) is 32.4 Å². The highest BCUT2D eigenvalue weighted by molar-refractivity contribution is 5.89. The van der Waals surface area contributed by atoms with Gasteiger partial charge in [-0.3, -0.25) is 4.90 Å². The Hall–Kier alpha value is -1.59. The highest BCUT2D eigenvalue weighted by Crippen LogP contribution is 2.18. The van der Waals surface area contributed by atoms with Crippen molar-refractivity contribution in [2.24, 2.45) is 0 Å². The van der Waals surface area contributed by atoms with Crippen LogP contribution >= 0.6 is 0 Å². The van der Waals surface area contributed by atoms with E-state index >= 15 is 0 Å². The number of rotatable bonds is 3. The Balaban J connectivity index is 1.99. The fourth-order valence-electron chi connectivity index (χ4n) is 2.65. The van der Waals surface area contributed by atoms with Gasteiger partial charge in [0.05, 0.1) is 6.10 Å². The third-order valence-corrected chi connectivity index (χ3v) is 4.16. The van der Waals surface area contributed by atoms with Crippen molar-refractivity contribution in [1.29, 1.82) is 0 Å². The lowest BCUT2D eigenvalue weighted by Gasteiger charge is -2.39. The average Bonchev–Trinajstić information content (AvgIpc) is 2.47. The van der Waals surface area contributed by atoms with Crippen molar-refractivity contribution in [1.82, 2.24) is 9.80 Å². The number of aliphatic hydroxyl groups excluding tert-OH is 1. The number of hydrogen-bond donors (Lipinski definition) is 2. The van der Waals surface area contributed by atoms with Crippen molar-refractivity contribution in [3.05, 3.63) is 29.8 Å². The number of anilines is 1. The van der Waals surface area contributed by atoms with Crippen LogP contribution < -0.4 is 5.32 Å². The Morgan fingerprint density at radius 1 is 1.48 bits per heavy atom. The molecule has 0 bridgehead atoms. The van der Waals surface area contributed by atoms with E-state index in [0.717, 1.165) is 37.3 Å². The minimum absolute atomic E-state index is 0.0655. The molecule has 1 saturated heterocycles. The first kappa shape index (κ1) is 15.8. The molecule has 0 radical (unpaired) electrons. The number of nitrogens with one attached hydrogen (secondary N) is 1. The van der Waals surface area contributed by atoms with Gasteiger partial charge >= 0.3 is 6.03 Å². The van der Waals surface area contributed by atoms with Crippen LogP contribution in [0.5, 0.6) is 0 Å². The molecule has 0 aliphatic carbocycles. The fourth-order valence-corrected chi connectivity index (χ4v) is 2.65. The fraction of sp³-hybridized carbons (Fsp3) is 0.562. The Morgan fingerprint density at radius 2 is 2.24 bits per heavy atom. The van der Waals surface area contributed by atoms with E-state index in [9.17, 15) is 9.90 Å². The molecule has 21 heavy (non-hydrogen) atoms. The first-order valence-electron chi connectivity index (χ1n) is 7.55. The molecular formula is C16H25N3O2. The summed E-state index contributed by atoms with van der Waals surface area (Å²) >= 11 is 0. The number of carbonyl (C=O) groups excluding carboxylic acids is 1. The Bertz CT molecular complexity index is 490. The zero-order valence-electron chi connectivity index (χ0n) is 13.0. The predicted molar refractivity (Wildman–Crippen MR) is 84.4 cm³/mol. The molecule has 0 spiro atoms. The van der Waals surface area contributed by atoms with Crippen LogP contribution in [0.2, 0.25) is 0 Å². The molecule has 5 nitrogen and oxygen atoms in total. The molecule has 1 aromatic carbocycles. The summed E-state index contributed by atoms with van der Waals surface area (Å²) < 4.78 is 0. The molecule has 116 valence electrons. The Morgan fingerprint density at radius 3 is 2.90 bits per heavy atom. The summed E-state index contributed by atoms with van der Waals surface area (Å²) in [6, 6.07) is 7.71. The first-order valence-corrected chi connectivity index (χ1v) is 7.55. The molecule has 2 atom stereocenters. The lowest BCUT2D eigenvalue weighted by molar-refractivity contribution is 0.114. The van der Waals surface area contributed by atoms with Gasteiger partial charge in [-0.1, -0.05) is 19.1 Å². The third-order valence-electron chi connectivity index (χ3n) is 4.16. The van der Waals surface area contributed by atoms with E-state index in [4.69, 9.17) is 0 Å². The summed E-state index contributed by atoms with van der Waals surface area (Å²) in [5.74, 6) is 0. The number of carbonyl (C=O) groups is 1. The zero-order valence-corrected chi connectivity index (χ0v) is 13.0. The zero-order chi connectivity index (χ0) is 15.4.